The number of amides is 1. The fraction of sp³-hybridized carbons (Fsp3) is 0.308. The Bertz CT molecular complexity index is 533. The van der Waals surface area contributed by atoms with Crippen molar-refractivity contribution in [1.29, 1.82) is 0 Å². The molecule has 0 saturated heterocycles. The van der Waals surface area contributed by atoms with Gasteiger partial charge in [-0.2, -0.15) is 5.10 Å². The van der Waals surface area contributed by atoms with Crippen molar-refractivity contribution in [3.63, 3.8) is 0 Å². The van der Waals surface area contributed by atoms with Crippen LogP contribution < -0.4 is 5.32 Å². The lowest BCUT2D eigenvalue weighted by Crippen LogP contribution is -2.28. The summed E-state index contributed by atoms with van der Waals surface area (Å²) in [6, 6.07) is 7.58. The largest absolute Gasteiger partial charge is 0.349 e. The molecule has 0 aliphatic carbocycles. The van der Waals surface area contributed by atoms with E-state index in [1.165, 1.54) is 0 Å². The third-order valence-corrected chi connectivity index (χ3v) is 2.59. The predicted molar refractivity (Wildman–Crippen MR) is 67.8 cm³/mol. The van der Waals surface area contributed by atoms with Crippen LogP contribution in [0.1, 0.15) is 17.1 Å². The van der Waals surface area contributed by atoms with Gasteiger partial charge in [-0.15, -0.1) is 0 Å². The van der Waals surface area contributed by atoms with Crippen molar-refractivity contribution in [1.82, 2.24) is 20.1 Å². The summed E-state index contributed by atoms with van der Waals surface area (Å²) in [4.78, 5) is 15.9. The van der Waals surface area contributed by atoms with Gasteiger partial charge in [0.1, 0.15) is 6.54 Å². The quantitative estimate of drug-likeness (QED) is 0.879. The number of pyridine rings is 1. The Morgan fingerprint density at radius 2 is 2.22 bits per heavy atom. The summed E-state index contributed by atoms with van der Waals surface area (Å²) >= 11 is 0. The van der Waals surface area contributed by atoms with Crippen molar-refractivity contribution in [2.45, 2.75) is 26.9 Å². The molecule has 0 fully saturated rings. The van der Waals surface area contributed by atoms with Gasteiger partial charge in [0, 0.05) is 11.9 Å². The molecule has 1 N–H and O–H groups in total. The Morgan fingerprint density at radius 3 is 2.83 bits per heavy atom. The molecule has 5 heteroatoms. The molecule has 2 aromatic heterocycles. The first-order valence-corrected chi connectivity index (χ1v) is 5.83. The van der Waals surface area contributed by atoms with Crippen LogP contribution in [0.25, 0.3) is 0 Å². The van der Waals surface area contributed by atoms with E-state index in [-0.39, 0.29) is 12.5 Å². The molecule has 0 saturated carbocycles. The lowest BCUT2D eigenvalue weighted by molar-refractivity contribution is -0.122. The highest BCUT2D eigenvalue weighted by Gasteiger charge is 2.06. The predicted octanol–water partition coefficient (Wildman–Crippen LogP) is 1.21. The summed E-state index contributed by atoms with van der Waals surface area (Å²) in [5, 5.41) is 7.07. The lowest BCUT2D eigenvalue weighted by Gasteiger charge is -2.06. The first kappa shape index (κ1) is 12.3. The Kier molecular flexibility index (Phi) is 3.72. The molecule has 94 valence electrons. The van der Waals surface area contributed by atoms with E-state index in [0.717, 1.165) is 17.1 Å². The molecule has 0 aliphatic heterocycles. The van der Waals surface area contributed by atoms with Crippen LogP contribution in [-0.2, 0) is 17.9 Å². The van der Waals surface area contributed by atoms with Crippen molar-refractivity contribution in [2.75, 3.05) is 0 Å². The molecule has 2 rings (SSSR count). The highest BCUT2D eigenvalue weighted by molar-refractivity contribution is 5.75. The second-order valence-corrected chi connectivity index (χ2v) is 4.18. The summed E-state index contributed by atoms with van der Waals surface area (Å²) < 4.78 is 1.70. The zero-order valence-electron chi connectivity index (χ0n) is 10.6. The van der Waals surface area contributed by atoms with Crippen LogP contribution in [0, 0.1) is 13.8 Å². The molecule has 0 spiro atoms. The first-order valence-electron chi connectivity index (χ1n) is 5.83. The molecule has 0 atom stereocenters. The maximum absolute atomic E-state index is 11.7. The summed E-state index contributed by atoms with van der Waals surface area (Å²) in [6.07, 6.45) is 1.71. The SMILES string of the molecule is Cc1cc(C)n(CC(=O)NCc2ccccn2)n1. The van der Waals surface area contributed by atoms with Gasteiger partial charge in [0.2, 0.25) is 5.91 Å². The number of carbonyl (C=O) groups is 1. The van der Waals surface area contributed by atoms with Gasteiger partial charge >= 0.3 is 0 Å². The van der Waals surface area contributed by atoms with Crippen molar-refractivity contribution in [3.8, 4) is 0 Å². The van der Waals surface area contributed by atoms with Crippen molar-refractivity contribution in [2.24, 2.45) is 0 Å². The lowest BCUT2D eigenvalue weighted by atomic mass is 10.3. The van der Waals surface area contributed by atoms with E-state index in [2.05, 4.69) is 15.4 Å². The van der Waals surface area contributed by atoms with E-state index in [4.69, 9.17) is 0 Å². The van der Waals surface area contributed by atoms with E-state index in [1.54, 1.807) is 10.9 Å². The minimum absolute atomic E-state index is 0.0631. The Balaban J connectivity index is 1.88. The third-order valence-electron chi connectivity index (χ3n) is 2.59. The number of nitrogens with one attached hydrogen (secondary N) is 1. The smallest absolute Gasteiger partial charge is 0.242 e. The number of carbonyl (C=O) groups excluding carboxylic acids is 1. The Hall–Kier alpha value is -2.17. The number of aromatic nitrogens is 3. The van der Waals surface area contributed by atoms with Crippen LogP contribution in [0.2, 0.25) is 0 Å². The highest BCUT2D eigenvalue weighted by atomic mass is 16.2. The van der Waals surface area contributed by atoms with Gasteiger partial charge in [0.25, 0.3) is 0 Å². The normalized spacial score (nSPS) is 10.3. The molecular formula is C13H16N4O. The van der Waals surface area contributed by atoms with Gasteiger partial charge in [0.15, 0.2) is 0 Å². The average molecular weight is 244 g/mol. The number of nitrogens with zero attached hydrogens (tertiary/aromatic N) is 3. The summed E-state index contributed by atoms with van der Waals surface area (Å²) in [6.45, 7) is 4.53. The molecular weight excluding hydrogens is 228 g/mol. The fourth-order valence-corrected chi connectivity index (χ4v) is 1.72. The van der Waals surface area contributed by atoms with Gasteiger partial charge in [-0.05, 0) is 32.0 Å². The molecule has 2 heterocycles. The van der Waals surface area contributed by atoms with Crippen LogP contribution in [-0.4, -0.2) is 20.7 Å². The average Bonchev–Trinajstić information content (AvgIpc) is 2.67. The van der Waals surface area contributed by atoms with Crippen molar-refractivity contribution >= 4 is 5.91 Å². The molecule has 0 unspecified atom stereocenters. The molecule has 0 aromatic carbocycles. The van der Waals surface area contributed by atoms with Gasteiger partial charge in [-0.25, -0.2) is 0 Å². The van der Waals surface area contributed by atoms with Gasteiger partial charge in [-0.3, -0.25) is 14.5 Å². The zero-order valence-corrected chi connectivity index (χ0v) is 10.6. The van der Waals surface area contributed by atoms with E-state index in [1.807, 2.05) is 38.1 Å². The summed E-state index contributed by atoms with van der Waals surface area (Å²) in [5.41, 5.74) is 2.75. The Morgan fingerprint density at radius 1 is 1.39 bits per heavy atom. The maximum atomic E-state index is 11.7. The molecule has 0 bridgehead atoms. The molecule has 0 aliphatic rings. The fourth-order valence-electron chi connectivity index (χ4n) is 1.72. The topological polar surface area (TPSA) is 59.8 Å². The summed E-state index contributed by atoms with van der Waals surface area (Å²) in [5.74, 6) is -0.0631. The van der Waals surface area contributed by atoms with Crippen LogP contribution in [0.4, 0.5) is 0 Å². The number of rotatable bonds is 4. The monoisotopic (exact) mass is 244 g/mol. The third kappa shape index (κ3) is 3.16. The van der Waals surface area contributed by atoms with Crippen molar-refractivity contribution < 1.29 is 4.79 Å². The van der Waals surface area contributed by atoms with Gasteiger partial charge < -0.3 is 5.32 Å². The van der Waals surface area contributed by atoms with Gasteiger partial charge in [-0.1, -0.05) is 6.07 Å². The van der Waals surface area contributed by atoms with E-state index < -0.39 is 0 Å². The first-order chi connectivity index (χ1) is 8.65. The number of hydrogen-bond donors (Lipinski definition) is 1. The van der Waals surface area contributed by atoms with Crippen molar-refractivity contribution in [3.05, 3.63) is 47.5 Å². The van der Waals surface area contributed by atoms with E-state index in [0.29, 0.717) is 6.54 Å². The van der Waals surface area contributed by atoms with Crippen LogP contribution in [0.3, 0.4) is 0 Å². The number of hydrogen-bond acceptors (Lipinski definition) is 3. The van der Waals surface area contributed by atoms with Crippen LogP contribution >= 0.6 is 0 Å². The van der Waals surface area contributed by atoms with E-state index in [9.17, 15) is 4.79 Å². The number of aryl methyl sites for hydroxylation is 2. The highest BCUT2D eigenvalue weighted by Crippen LogP contribution is 2.01. The molecule has 0 radical (unpaired) electrons. The maximum Gasteiger partial charge on any atom is 0.242 e. The molecule has 5 nitrogen and oxygen atoms in total. The molecule has 2 aromatic rings. The standard InChI is InChI=1S/C13H16N4O/c1-10-7-11(2)17(16-10)9-13(18)15-8-12-5-3-4-6-14-12/h3-7H,8-9H2,1-2H3,(H,15,18). The van der Waals surface area contributed by atoms with Gasteiger partial charge in [0.05, 0.1) is 17.9 Å². The van der Waals surface area contributed by atoms with Crippen LogP contribution in [0.5, 0.6) is 0 Å². The minimum atomic E-state index is -0.0631. The van der Waals surface area contributed by atoms with E-state index >= 15 is 0 Å². The molecule has 18 heavy (non-hydrogen) atoms. The zero-order chi connectivity index (χ0) is 13.0. The second-order valence-electron chi connectivity index (χ2n) is 4.18. The molecule has 1 amide bonds. The second kappa shape index (κ2) is 5.44. The van der Waals surface area contributed by atoms with Crippen LogP contribution in [0.15, 0.2) is 30.5 Å². The Labute approximate surface area is 106 Å². The minimum Gasteiger partial charge on any atom is -0.349 e. The summed E-state index contributed by atoms with van der Waals surface area (Å²) in [7, 11) is 0.